The Hall–Kier alpha value is -1.76. The first-order valence-corrected chi connectivity index (χ1v) is 7.03. The third-order valence-electron chi connectivity index (χ3n) is 3.05. The van der Waals surface area contributed by atoms with Gasteiger partial charge in [0.15, 0.2) is 17.5 Å². The molecule has 1 rings (SSSR count). The molecule has 6 nitrogen and oxygen atoms in total. The molecule has 1 amide bonds. The predicted octanol–water partition coefficient (Wildman–Crippen LogP) is 2.46. The first kappa shape index (κ1) is 17.3. The third kappa shape index (κ3) is 3.66. The largest absolute Gasteiger partial charge is 0.493 e. The van der Waals surface area contributed by atoms with Crippen LogP contribution in [-0.4, -0.2) is 42.6 Å². The summed E-state index contributed by atoms with van der Waals surface area (Å²) >= 11 is 3.33. The average molecular weight is 360 g/mol. The highest BCUT2D eigenvalue weighted by atomic mass is 79.9. The molecule has 0 saturated carbocycles. The van der Waals surface area contributed by atoms with Gasteiger partial charge in [0.25, 0.3) is 0 Å². The molecule has 1 atom stereocenters. The summed E-state index contributed by atoms with van der Waals surface area (Å²) in [5.41, 5.74) is 0.418. The maximum Gasteiger partial charge on any atom is 0.331 e. The minimum atomic E-state index is -1.12. The Morgan fingerprint density at radius 3 is 2.19 bits per heavy atom. The summed E-state index contributed by atoms with van der Waals surface area (Å²) in [4.78, 5) is 24.1. The van der Waals surface area contributed by atoms with Crippen LogP contribution in [0.1, 0.15) is 25.5 Å². The first-order chi connectivity index (χ1) is 9.87. The van der Waals surface area contributed by atoms with Gasteiger partial charge in [0.1, 0.15) is 0 Å². The minimum absolute atomic E-state index is 0.261. The second-order valence-electron chi connectivity index (χ2n) is 4.62. The van der Waals surface area contributed by atoms with E-state index in [2.05, 4.69) is 15.9 Å². The van der Waals surface area contributed by atoms with Crippen molar-refractivity contribution in [3.8, 4) is 11.5 Å². The number of nitrogens with zero attached hydrogens (tertiary/aromatic N) is 1. The van der Waals surface area contributed by atoms with Crippen LogP contribution in [0.25, 0.3) is 0 Å². The summed E-state index contributed by atoms with van der Waals surface area (Å²) in [6, 6.07) is 1.80. The maximum atomic E-state index is 11.6. The number of hydrogen-bond acceptors (Lipinski definition) is 4. The highest BCUT2D eigenvalue weighted by Gasteiger charge is 2.31. The van der Waals surface area contributed by atoms with Crippen molar-refractivity contribution in [1.29, 1.82) is 0 Å². The van der Waals surface area contributed by atoms with Gasteiger partial charge in [0.05, 0.1) is 14.2 Å². The van der Waals surface area contributed by atoms with Crippen molar-refractivity contribution < 1.29 is 24.2 Å². The van der Waals surface area contributed by atoms with Gasteiger partial charge in [-0.15, -0.1) is 0 Å². The smallest absolute Gasteiger partial charge is 0.331 e. The van der Waals surface area contributed by atoms with Crippen LogP contribution < -0.4 is 9.47 Å². The normalized spacial score (nSPS) is 11.9. The Balaban J connectivity index is 3.45. The Bertz CT molecular complexity index is 532. The molecule has 1 unspecified atom stereocenters. The van der Waals surface area contributed by atoms with Gasteiger partial charge in [-0.05, 0) is 26.0 Å². The molecule has 116 valence electrons. The molecule has 0 spiro atoms. The molecule has 0 bridgehead atoms. The Morgan fingerprint density at radius 1 is 1.29 bits per heavy atom. The molecule has 1 aromatic rings. The number of ether oxygens (including phenoxy) is 2. The summed E-state index contributed by atoms with van der Waals surface area (Å²) in [5.74, 6) is -0.250. The van der Waals surface area contributed by atoms with Gasteiger partial charge in [-0.1, -0.05) is 15.9 Å². The highest BCUT2D eigenvalue weighted by molar-refractivity contribution is 9.10. The summed E-state index contributed by atoms with van der Waals surface area (Å²) < 4.78 is 10.9. The second kappa shape index (κ2) is 7.31. The molecule has 0 heterocycles. The molecule has 7 heteroatoms. The van der Waals surface area contributed by atoms with Crippen molar-refractivity contribution in [3.05, 3.63) is 22.2 Å². The molecular formula is C14H18BrNO5. The number of carboxylic acids is 1. The van der Waals surface area contributed by atoms with Gasteiger partial charge in [-0.3, -0.25) is 4.79 Å². The van der Waals surface area contributed by atoms with Crippen LogP contribution in [0, 0.1) is 0 Å². The van der Waals surface area contributed by atoms with Crippen LogP contribution >= 0.6 is 15.9 Å². The molecule has 21 heavy (non-hydrogen) atoms. The fourth-order valence-electron chi connectivity index (χ4n) is 1.98. The molecule has 0 aliphatic rings. The molecule has 0 fully saturated rings. The third-order valence-corrected chi connectivity index (χ3v) is 3.73. The van der Waals surface area contributed by atoms with Crippen molar-refractivity contribution in [2.75, 3.05) is 14.2 Å². The van der Waals surface area contributed by atoms with Crippen molar-refractivity contribution in [2.45, 2.75) is 25.9 Å². The van der Waals surface area contributed by atoms with E-state index < -0.39 is 12.0 Å². The summed E-state index contributed by atoms with van der Waals surface area (Å²) in [7, 11) is 2.95. The lowest BCUT2D eigenvalue weighted by atomic mass is 10.0. The van der Waals surface area contributed by atoms with Crippen molar-refractivity contribution >= 4 is 28.3 Å². The maximum absolute atomic E-state index is 11.6. The zero-order chi connectivity index (χ0) is 16.2. The molecule has 1 aromatic carbocycles. The van der Waals surface area contributed by atoms with Gasteiger partial charge in [0.2, 0.25) is 6.41 Å². The number of benzene rings is 1. The Kier molecular flexibility index (Phi) is 6.02. The van der Waals surface area contributed by atoms with E-state index in [9.17, 15) is 14.7 Å². The van der Waals surface area contributed by atoms with E-state index in [0.29, 0.717) is 27.9 Å². The van der Waals surface area contributed by atoms with Gasteiger partial charge in [-0.2, -0.15) is 0 Å². The zero-order valence-corrected chi connectivity index (χ0v) is 13.9. The van der Waals surface area contributed by atoms with Crippen LogP contribution in [0.2, 0.25) is 0 Å². The van der Waals surface area contributed by atoms with E-state index in [0.717, 1.165) is 0 Å². The van der Waals surface area contributed by atoms with E-state index in [1.54, 1.807) is 26.0 Å². The fraction of sp³-hybridized carbons (Fsp3) is 0.429. The van der Waals surface area contributed by atoms with E-state index in [1.807, 2.05) is 0 Å². The highest BCUT2D eigenvalue weighted by Crippen LogP contribution is 2.38. The van der Waals surface area contributed by atoms with E-state index in [1.165, 1.54) is 19.1 Å². The standard InChI is InChI=1S/C14H18BrNO5/c1-8(2)16(7-17)13(14(18)19)9-5-11(20-3)12(21-4)6-10(9)15/h5-8,13H,1-4H3,(H,18,19). The lowest BCUT2D eigenvalue weighted by Gasteiger charge is -2.29. The van der Waals surface area contributed by atoms with Crippen LogP contribution in [0.3, 0.4) is 0 Å². The SMILES string of the molecule is COc1cc(Br)c(C(C(=O)O)N(C=O)C(C)C)cc1OC. The number of hydrogen-bond donors (Lipinski definition) is 1. The summed E-state index contributed by atoms with van der Waals surface area (Å²) in [5, 5.41) is 9.50. The number of methoxy groups -OCH3 is 2. The molecule has 0 aromatic heterocycles. The molecule has 0 saturated heterocycles. The quantitative estimate of drug-likeness (QED) is 0.756. The van der Waals surface area contributed by atoms with Gasteiger partial charge < -0.3 is 19.5 Å². The number of rotatable bonds is 7. The van der Waals surface area contributed by atoms with Crippen molar-refractivity contribution in [1.82, 2.24) is 4.90 Å². The first-order valence-electron chi connectivity index (χ1n) is 6.24. The summed E-state index contributed by atoms with van der Waals surface area (Å²) in [6.45, 7) is 3.50. The number of aliphatic carboxylic acids is 1. The minimum Gasteiger partial charge on any atom is -0.493 e. The van der Waals surface area contributed by atoms with E-state index in [4.69, 9.17) is 9.47 Å². The van der Waals surface area contributed by atoms with E-state index in [-0.39, 0.29) is 6.04 Å². The number of carbonyl (C=O) groups excluding carboxylic acids is 1. The number of carboxylic acid groups (broad SMARTS) is 1. The molecule has 0 aliphatic carbocycles. The second-order valence-corrected chi connectivity index (χ2v) is 5.47. The molecule has 1 N–H and O–H groups in total. The molecule has 0 radical (unpaired) electrons. The fourth-order valence-corrected chi connectivity index (χ4v) is 2.52. The zero-order valence-electron chi connectivity index (χ0n) is 12.3. The topological polar surface area (TPSA) is 76.1 Å². The number of carbonyl (C=O) groups is 2. The van der Waals surface area contributed by atoms with E-state index >= 15 is 0 Å². The van der Waals surface area contributed by atoms with Crippen LogP contribution in [0.4, 0.5) is 0 Å². The Labute approximate surface area is 131 Å². The van der Waals surface area contributed by atoms with Crippen LogP contribution in [0.15, 0.2) is 16.6 Å². The number of halogens is 1. The number of amides is 1. The van der Waals surface area contributed by atoms with Crippen molar-refractivity contribution in [2.24, 2.45) is 0 Å². The Morgan fingerprint density at radius 2 is 1.81 bits per heavy atom. The average Bonchev–Trinajstić information content (AvgIpc) is 2.43. The summed E-state index contributed by atoms with van der Waals surface area (Å²) in [6.07, 6.45) is 0.534. The van der Waals surface area contributed by atoms with Crippen molar-refractivity contribution in [3.63, 3.8) is 0 Å². The molecular weight excluding hydrogens is 342 g/mol. The lowest BCUT2D eigenvalue weighted by molar-refractivity contribution is -0.148. The monoisotopic (exact) mass is 359 g/mol. The van der Waals surface area contributed by atoms with Crippen LogP contribution in [0.5, 0.6) is 11.5 Å². The van der Waals surface area contributed by atoms with Gasteiger partial charge in [-0.25, -0.2) is 4.79 Å². The van der Waals surface area contributed by atoms with Gasteiger partial charge in [0, 0.05) is 16.1 Å². The predicted molar refractivity (Wildman–Crippen MR) is 80.7 cm³/mol. The van der Waals surface area contributed by atoms with Crippen LogP contribution in [-0.2, 0) is 9.59 Å². The van der Waals surface area contributed by atoms with Gasteiger partial charge >= 0.3 is 5.97 Å². The molecule has 0 aliphatic heterocycles. The lowest BCUT2D eigenvalue weighted by Crippen LogP contribution is -2.38.